The van der Waals surface area contributed by atoms with Crippen molar-refractivity contribution in [3.8, 4) is 11.5 Å². The average Bonchev–Trinajstić information content (AvgIpc) is 2.66. The van der Waals surface area contributed by atoms with Gasteiger partial charge in [0, 0.05) is 10.5 Å². The number of para-hydroxylation sites is 1. The first-order valence-corrected chi connectivity index (χ1v) is 9.47. The number of hydrogen-bond donors (Lipinski definition) is 1. The molecule has 0 aliphatic heterocycles. The van der Waals surface area contributed by atoms with Crippen molar-refractivity contribution in [3.63, 3.8) is 0 Å². The van der Waals surface area contributed by atoms with Gasteiger partial charge in [0.1, 0.15) is 0 Å². The van der Waals surface area contributed by atoms with Crippen LogP contribution in [0.1, 0.15) is 31.7 Å². The summed E-state index contributed by atoms with van der Waals surface area (Å²) >= 11 is 3.41. The third-order valence-corrected chi connectivity index (χ3v) is 4.44. The molecule has 0 atom stereocenters. The fraction of sp³-hybridized carbons (Fsp3) is 0.286. The number of hydrogen-bond acceptors (Lipinski definition) is 3. The third kappa shape index (κ3) is 6.23. The van der Waals surface area contributed by atoms with Crippen molar-refractivity contribution in [1.29, 1.82) is 0 Å². The summed E-state index contributed by atoms with van der Waals surface area (Å²) in [6.45, 7) is 2.84. The summed E-state index contributed by atoms with van der Waals surface area (Å²) in [6.07, 6.45) is 6.57. The van der Waals surface area contributed by atoms with E-state index < -0.39 is 0 Å². The van der Waals surface area contributed by atoms with Gasteiger partial charge in [0.2, 0.25) is 5.91 Å². The van der Waals surface area contributed by atoms with Crippen LogP contribution in [0.15, 0.2) is 53.0 Å². The van der Waals surface area contributed by atoms with Gasteiger partial charge in [-0.05, 0) is 58.3 Å². The van der Waals surface area contributed by atoms with Crippen molar-refractivity contribution in [2.75, 3.05) is 19.0 Å². The lowest BCUT2D eigenvalue weighted by Gasteiger charge is -2.11. The van der Waals surface area contributed by atoms with Crippen LogP contribution in [0.5, 0.6) is 11.5 Å². The summed E-state index contributed by atoms with van der Waals surface area (Å²) in [4.78, 5) is 12.1. The molecule has 0 radical (unpaired) electrons. The zero-order valence-corrected chi connectivity index (χ0v) is 16.7. The van der Waals surface area contributed by atoms with Crippen molar-refractivity contribution in [3.05, 3.63) is 58.6 Å². The smallest absolute Gasteiger partial charge is 0.248 e. The van der Waals surface area contributed by atoms with E-state index in [0.29, 0.717) is 12.4 Å². The van der Waals surface area contributed by atoms with E-state index in [1.807, 2.05) is 42.5 Å². The molecule has 0 spiro atoms. The predicted octanol–water partition coefficient (Wildman–Crippen LogP) is 5.68. The van der Waals surface area contributed by atoms with E-state index >= 15 is 0 Å². The van der Waals surface area contributed by atoms with Crippen LogP contribution in [0.2, 0.25) is 0 Å². The third-order valence-electron chi connectivity index (χ3n) is 3.75. The Labute approximate surface area is 163 Å². The Hall–Kier alpha value is -2.27. The molecular formula is C21H24BrNO3. The van der Waals surface area contributed by atoms with Crippen LogP contribution in [0.25, 0.3) is 6.08 Å². The monoisotopic (exact) mass is 417 g/mol. The first kappa shape index (κ1) is 20.0. The van der Waals surface area contributed by atoms with Crippen LogP contribution < -0.4 is 14.8 Å². The number of methoxy groups -OCH3 is 1. The van der Waals surface area contributed by atoms with Gasteiger partial charge >= 0.3 is 0 Å². The van der Waals surface area contributed by atoms with Crippen molar-refractivity contribution >= 4 is 33.6 Å². The highest BCUT2D eigenvalue weighted by Crippen LogP contribution is 2.29. The molecule has 1 N–H and O–H groups in total. The summed E-state index contributed by atoms with van der Waals surface area (Å²) in [5.41, 5.74) is 1.60. The molecule has 5 heteroatoms. The molecule has 138 valence electrons. The molecule has 0 saturated carbocycles. The van der Waals surface area contributed by atoms with Gasteiger partial charge in [0.05, 0.1) is 19.4 Å². The van der Waals surface area contributed by atoms with Crippen molar-refractivity contribution in [1.82, 2.24) is 0 Å². The minimum absolute atomic E-state index is 0.198. The molecule has 4 nitrogen and oxygen atoms in total. The lowest BCUT2D eigenvalue weighted by atomic mass is 10.2. The second-order valence-corrected chi connectivity index (χ2v) is 6.62. The summed E-state index contributed by atoms with van der Waals surface area (Å²) in [6, 6.07) is 13.1. The Morgan fingerprint density at radius 3 is 2.69 bits per heavy atom. The average molecular weight is 418 g/mol. The number of ether oxygens (including phenoxy) is 2. The predicted molar refractivity (Wildman–Crippen MR) is 110 cm³/mol. The number of anilines is 1. The van der Waals surface area contributed by atoms with Crippen molar-refractivity contribution < 1.29 is 14.3 Å². The molecule has 2 aromatic rings. The molecular weight excluding hydrogens is 394 g/mol. The highest BCUT2D eigenvalue weighted by atomic mass is 79.9. The van der Waals surface area contributed by atoms with E-state index in [1.54, 1.807) is 13.2 Å². The Morgan fingerprint density at radius 1 is 1.15 bits per heavy atom. The molecule has 2 rings (SSSR count). The van der Waals surface area contributed by atoms with Crippen LogP contribution >= 0.6 is 15.9 Å². The van der Waals surface area contributed by atoms with Gasteiger partial charge in [-0.2, -0.15) is 0 Å². The topological polar surface area (TPSA) is 47.6 Å². The summed E-state index contributed by atoms with van der Waals surface area (Å²) in [5, 5.41) is 2.83. The lowest BCUT2D eigenvalue weighted by Crippen LogP contribution is -2.08. The van der Waals surface area contributed by atoms with Crippen LogP contribution in [-0.4, -0.2) is 19.6 Å². The Balaban J connectivity index is 1.98. The van der Waals surface area contributed by atoms with Crippen LogP contribution in [0, 0.1) is 0 Å². The van der Waals surface area contributed by atoms with E-state index in [1.165, 1.54) is 6.08 Å². The molecule has 2 aromatic carbocycles. The number of nitrogens with one attached hydrogen (secondary N) is 1. The molecule has 0 heterocycles. The Kier molecular flexibility index (Phi) is 8.22. The Bertz CT molecular complexity index is 759. The SMILES string of the molecule is CCCCCOc1ccc(/C=C/C(=O)Nc2ccccc2Br)cc1OC. The van der Waals surface area contributed by atoms with E-state index in [2.05, 4.69) is 28.2 Å². The highest BCUT2D eigenvalue weighted by Gasteiger charge is 2.06. The molecule has 0 bridgehead atoms. The van der Waals surface area contributed by atoms with Crippen LogP contribution in [0.3, 0.4) is 0 Å². The normalized spacial score (nSPS) is 10.7. The zero-order chi connectivity index (χ0) is 18.8. The summed E-state index contributed by atoms with van der Waals surface area (Å²) < 4.78 is 12.0. The minimum atomic E-state index is -0.198. The molecule has 0 aliphatic rings. The van der Waals surface area contributed by atoms with Crippen LogP contribution in [-0.2, 0) is 4.79 Å². The molecule has 0 aliphatic carbocycles. The van der Waals surface area contributed by atoms with Crippen LogP contribution in [0.4, 0.5) is 5.69 Å². The van der Waals surface area contributed by atoms with Gasteiger partial charge in [-0.3, -0.25) is 4.79 Å². The lowest BCUT2D eigenvalue weighted by molar-refractivity contribution is -0.111. The number of carbonyl (C=O) groups is 1. The number of rotatable bonds is 9. The Morgan fingerprint density at radius 2 is 1.96 bits per heavy atom. The number of amides is 1. The second-order valence-electron chi connectivity index (χ2n) is 5.77. The summed E-state index contributed by atoms with van der Waals surface area (Å²) in [7, 11) is 1.61. The van der Waals surface area contributed by atoms with Gasteiger partial charge in [0.25, 0.3) is 0 Å². The maximum atomic E-state index is 12.1. The minimum Gasteiger partial charge on any atom is -0.493 e. The molecule has 0 fully saturated rings. The van der Waals surface area contributed by atoms with Crippen molar-refractivity contribution in [2.24, 2.45) is 0 Å². The maximum absolute atomic E-state index is 12.1. The molecule has 1 amide bonds. The van der Waals surface area contributed by atoms with E-state index in [9.17, 15) is 4.79 Å². The standard InChI is InChI=1S/C21H24BrNO3/c1-3-4-7-14-26-19-12-10-16(15-20(19)25-2)11-13-21(24)23-18-9-6-5-8-17(18)22/h5-6,8-13,15H,3-4,7,14H2,1-2H3,(H,23,24)/b13-11+. The molecule has 26 heavy (non-hydrogen) atoms. The largest absolute Gasteiger partial charge is 0.493 e. The van der Waals surface area contributed by atoms with E-state index in [0.717, 1.165) is 40.7 Å². The fourth-order valence-electron chi connectivity index (χ4n) is 2.35. The first-order valence-electron chi connectivity index (χ1n) is 8.68. The quantitative estimate of drug-likeness (QED) is 0.421. The number of unbranched alkanes of at least 4 members (excludes halogenated alkanes) is 2. The fourth-order valence-corrected chi connectivity index (χ4v) is 2.73. The van der Waals surface area contributed by atoms with Gasteiger partial charge in [-0.1, -0.05) is 38.0 Å². The number of halogens is 1. The summed E-state index contributed by atoms with van der Waals surface area (Å²) in [5.74, 6) is 1.18. The highest BCUT2D eigenvalue weighted by molar-refractivity contribution is 9.10. The zero-order valence-electron chi connectivity index (χ0n) is 15.1. The van der Waals surface area contributed by atoms with Gasteiger partial charge < -0.3 is 14.8 Å². The second kappa shape index (κ2) is 10.7. The first-order chi connectivity index (χ1) is 12.6. The number of benzene rings is 2. The van der Waals surface area contributed by atoms with Gasteiger partial charge in [0.15, 0.2) is 11.5 Å². The molecule has 0 saturated heterocycles. The number of carbonyl (C=O) groups excluding carboxylic acids is 1. The molecule has 0 aromatic heterocycles. The van der Waals surface area contributed by atoms with E-state index in [-0.39, 0.29) is 5.91 Å². The van der Waals surface area contributed by atoms with Crippen molar-refractivity contribution in [2.45, 2.75) is 26.2 Å². The van der Waals surface area contributed by atoms with Gasteiger partial charge in [-0.15, -0.1) is 0 Å². The molecule has 0 unspecified atom stereocenters. The van der Waals surface area contributed by atoms with Gasteiger partial charge in [-0.25, -0.2) is 0 Å². The maximum Gasteiger partial charge on any atom is 0.248 e. The van der Waals surface area contributed by atoms with E-state index in [4.69, 9.17) is 9.47 Å².